The molecule has 1 aliphatic heterocycles. The molecule has 2 amide bonds. The number of aromatic amines is 1. The van der Waals surface area contributed by atoms with E-state index in [2.05, 4.69) is 10.2 Å². The van der Waals surface area contributed by atoms with Crippen molar-refractivity contribution in [2.24, 2.45) is 0 Å². The number of hydrogen-bond acceptors (Lipinski definition) is 4. The molecule has 1 saturated heterocycles. The smallest absolute Gasteiger partial charge is 0.335 e. The summed E-state index contributed by atoms with van der Waals surface area (Å²) in [4.78, 5) is 38.7. The van der Waals surface area contributed by atoms with Crippen LogP contribution in [0.4, 0.5) is 13.2 Å². The third-order valence-electron chi connectivity index (χ3n) is 4.19. The van der Waals surface area contributed by atoms with Gasteiger partial charge in [-0.05, 0) is 24.3 Å². The van der Waals surface area contributed by atoms with Crippen molar-refractivity contribution in [3.63, 3.8) is 0 Å². The molecule has 1 aromatic heterocycles. The van der Waals surface area contributed by atoms with Gasteiger partial charge in [0.05, 0.1) is 5.56 Å². The van der Waals surface area contributed by atoms with E-state index in [9.17, 15) is 27.6 Å². The molecule has 0 aliphatic carbocycles. The number of piperazine rings is 1. The average molecular weight is 380 g/mol. The predicted molar refractivity (Wildman–Crippen MR) is 88.1 cm³/mol. The van der Waals surface area contributed by atoms with Gasteiger partial charge in [-0.15, -0.1) is 0 Å². The monoisotopic (exact) mass is 380 g/mol. The first-order valence-electron chi connectivity index (χ1n) is 8.07. The van der Waals surface area contributed by atoms with Crippen LogP contribution in [0, 0.1) is 0 Å². The van der Waals surface area contributed by atoms with E-state index in [1.807, 2.05) is 0 Å². The highest BCUT2D eigenvalue weighted by atomic mass is 19.4. The van der Waals surface area contributed by atoms with Gasteiger partial charge in [-0.25, -0.2) is 5.10 Å². The lowest BCUT2D eigenvalue weighted by atomic mass is 10.1. The fourth-order valence-electron chi connectivity index (χ4n) is 2.75. The summed E-state index contributed by atoms with van der Waals surface area (Å²) in [5.41, 5.74) is -1.28. The summed E-state index contributed by atoms with van der Waals surface area (Å²) < 4.78 is 38.4. The van der Waals surface area contributed by atoms with Crippen LogP contribution in [0.1, 0.15) is 26.4 Å². The Morgan fingerprint density at radius 3 is 2.15 bits per heavy atom. The summed E-state index contributed by atoms with van der Waals surface area (Å²) in [7, 11) is 0. The van der Waals surface area contributed by atoms with Gasteiger partial charge >= 0.3 is 6.18 Å². The van der Waals surface area contributed by atoms with Crippen LogP contribution < -0.4 is 5.56 Å². The van der Waals surface area contributed by atoms with Gasteiger partial charge in [0.15, 0.2) is 0 Å². The lowest BCUT2D eigenvalue weighted by molar-refractivity contribution is -0.137. The van der Waals surface area contributed by atoms with Crippen LogP contribution in [0.2, 0.25) is 0 Å². The number of hydrogen-bond donors (Lipinski definition) is 1. The number of rotatable bonds is 2. The number of halogens is 3. The molecular formula is C17H15F3N4O3. The molecule has 0 spiro atoms. The number of nitrogens with one attached hydrogen (secondary N) is 1. The van der Waals surface area contributed by atoms with E-state index in [1.54, 1.807) is 0 Å². The first kappa shape index (κ1) is 18.6. The predicted octanol–water partition coefficient (Wildman–Crippen LogP) is 1.39. The van der Waals surface area contributed by atoms with Crippen LogP contribution in [-0.2, 0) is 6.18 Å². The normalized spacial score (nSPS) is 14.9. The Morgan fingerprint density at radius 2 is 1.59 bits per heavy atom. The maximum absolute atomic E-state index is 12.8. The van der Waals surface area contributed by atoms with Crippen molar-refractivity contribution in [2.75, 3.05) is 26.2 Å². The average Bonchev–Trinajstić information content (AvgIpc) is 2.67. The third-order valence-corrected chi connectivity index (χ3v) is 4.19. The van der Waals surface area contributed by atoms with E-state index >= 15 is 0 Å². The molecule has 1 N–H and O–H groups in total. The highest BCUT2D eigenvalue weighted by Crippen LogP contribution is 2.29. The number of carbonyl (C=O) groups is 2. The van der Waals surface area contributed by atoms with Gasteiger partial charge < -0.3 is 9.80 Å². The number of amides is 2. The van der Waals surface area contributed by atoms with E-state index in [0.717, 1.165) is 12.1 Å². The van der Waals surface area contributed by atoms with E-state index in [4.69, 9.17) is 0 Å². The van der Waals surface area contributed by atoms with Gasteiger partial charge in [-0.2, -0.15) is 18.3 Å². The van der Waals surface area contributed by atoms with Gasteiger partial charge in [0, 0.05) is 37.8 Å². The van der Waals surface area contributed by atoms with Gasteiger partial charge in [-0.3, -0.25) is 14.4 Å². The second kappa shape index (κ2) is 7.22. The van der Waals surface area contributed by atoms with Crippen LogP contribution in [0.5, 0.6) is 0 Å². The Morgan fingerprint density at radius 1 is 0.963 bits per heavy atom. The number of aromatic nitrogens is 2. The van der Waals surface area contributed by atoms with Crippen LogP contribution >= 0.6 is 0 Å². The lowest BCUT2D eigenvalue weighted by Crippen LogP contribution is -2.50. The SMILES string of the molecule is O=C(c1cccc(C(F)(F)F)c1)N1CCN(C(=O)c2ccc(=O)[nH]n2)CC1. The zero-order valence-corrected chi connectivity index (χ0v) is 14.0. The highest BCUT2D eigenvalue weighted by Gasteiger charge is 2.32. The Hall–Kier alpha value is -3.17. The van der Waals surface area contributed by atoms with E-state index in [-0.39, 0.29) is 37.4 Å². The van der Waals surface area contributed by atoms with Gasteiger partial charge in [-0.1, -0.05) is 6.07 Å². The van der Waals surface area contributed by atoms with Crippen molar-refractivity contribution >= 4 is 11.8 Å². The molecule has 1 aromatic carbocycles. The quantitative estimate of drug-likeness (QED) is 0.853. The van der Waals surface area contributed by atoms with Crippen molar-refractivity contribution in [2.45, 2.75) is 6.18 Å². The topological polar surface area (TPSA) is 86.4 Å². The summed E-state index contributed by atoms with van der Waals surface area (Å²) >= 11 is 0. The second-order valence-electron chi connectivity index (χ2n) is 5.97. The standard InChI is InChI=1S/C17H15F3N4O3/c18-17(19,20)12-3-1-2-11(10-12)15(26)23-6-8-24(9-7-23)16(27)13-4-5-14(25)22-21-13/h1-5,10H,6-9H2,(H,22,25). The number of nitrogens with zero attached hydrogens (tertiary/aromatic N) is 3. The fourth-order valence-corrected chi connectivity index (χ4v) is 2.75. The lowest BCUT2D eigenvalue weighted by Gasteiger charge is -2.34. The summed E-state index contributed by atoms with van der Waals surface area (Å²) in [5.74, 6) is -0.909. The molecule has 1 aliphatic rings. The minimum absolute atomic E-state index is 0.0492. The third kappa shape index (κ3) is 4.15. The van der Waals surface area contributed by atoms with E-state index in [0.29, 0.717) is 0 Å². The molecular weight excluding hydrogens is 365 g/mol. The maximum atomic E-state index is 12.8. The fraction of sp³-hybridized carbons (Fsp3) is 0.294. The molecule has 0 atom stereocenters. The Balaban J connectivity index is 1.65. The van der Waals surface area contributed by atoms with Crippen molar-refractivity contribution in [3.05, 3.63) is 63.6 Å². The van der Waals surface area contributed by atoms with Crippen molar-refractivity contribution in [1.82, 2.24) is 20.0 Å². The molecule has 1 fully saturated rings. The minimum Gasteiger partial charge on any atom is -0.335 e. The summed E-state index contributed by atoms with van der Waals surface area (Å²) in [6.07, 6.45) is -4.52. The zero-order valence-electron chi connectivity index (χ0n) is 14.0. The van der Waals surface area contributed by atoms with Crippen LogP contribution in [-0.4, -0.2) is 58.0 Å². The Labute approximate surface area is 151 Å². The number of H-pyrrole nitrogens is 1. The molecule has 0 unspecified atom stereocenters. The van der Waals surface area contributed by atoms with Crippen LogP contribution in [0.15, 0.2) is 41.2 Å². The Kier molecular flexibility index (Phi) is 4.98. The zero-order chi connectivity index (χ0) is 19.6. The highest BCUT2D eigenvalue weighted by molar-refractivity contribution is 5.95. The van der Waals surface area contributed by atoms with Gasteiger partial charge in [0.25, 0.3) is 17.4 Å². The molecule has 142 valence electrons. The summed E-state index contributed by atoms with van der Waals surface area (Å²) in [6, 6.07) is 6.75. The minimum atomic E-state index is -4.52. The number of carbonyl (C=O) groups excluding carboxylic acids is 2. The molecule has 0 radical (unpaired) electrons. The first-order chi connectivity index (χ1) is 12.8. The molecule has 2 heterocycles. The van der Waals surface area contributed by atoms with Gasteiger partial charge in [0.2, 0.25) is 0 Å². The largest absolute Gasteiger partial charge is 0.416 e. The number of alkyl halides is 3. The van der Waals surface area contributed by atoms with Crippen molar-refractivity contribution in [3.8, 4) is 0 Å². The second-order valence-corrected chi connectivity index (χ2v) is 5.97. The Bertz CT molecular complexity index is 898. The van der Waals surface area contributed by atoms with Crippen molar-refractivity contribution < 1.29 is 22.8 Å². The molecule has 27 heavy (non-hydrogen) atoms. The summed E-state index contributed by atoms with van der Waals surface area (Å²) in [6.45, 7) is 0.795. The van der Waals surface area contributed by atoms with Gasteiger partial charge in [0.1, 0.15) is 5.69 Å². The molecule has 0 saturated carbocycles. The first-order valence-corrected chi connectivity index (χ1v) is 8.07. The van der Waals surface area contributed by atoms with E-state index < -0.39 is 29.1 Å². The number of benzene rings is 1. The molecule has 0 bridgehead atoms. The van der Waals surface area contributed by atoms with Crippen LogP contribution in [0.25, 0.3) is 0 Å². The summed E-state index contributed by atoms with van der Waals surface area (Å²) in [5, 5.41) is 5.85. The van der Waals surface area contributed by atoms with Crippen molar-refractivity contribution in [1.29, 1.82) is 0 Å². The molecule has 3 rings (SSSR count). The van der Waals surface area contributed by atoms with Crippen LogP contribution in [0.3, 0.4) is 0 Å². The molecule has 2 aromatic rings. The molecule has 7 nitrogen and oxygen atoms in total. The maximum Gasteiger partial charge on any atom is 0.416 e. The van der Waals surface area contributed by atoms with E-state index in [1.165, 1.54) is 34.1 Å². The molecule has 10 heteroatoms.